The summed E-state index contributed by atoms with van der Waals surface area (Å²) in [6.07, 6.45) is 3.31. The van der Waals surface area contributed by atoms with Gasteiger partial charge in [-0.05, 0) is 67.0 Å². The zero-order valence-corrected chi connectivity index (χ0v) is 32.0. The summed E-state index contributed by atoms with van der Waals surface area (Å²) in [5.41, 5.74) is 1.46. The number of thiazole rings is 1. The second kappa shape index (κ2) is 16.6. The molecule has 1 saturated carbocycles. The number of halogens is 2. The van der Waals surface area contributed by atoms with Gasteiger partial charge in [0.05, 0.1) is 52.5 Å². The molecule has 4 aliphatic rings. The Morgan fingerprint density at radius 2 is 1.77 bits per heavy atom. The third-order valence-corrected chi connectivity index (χ3v) is 14.1. The van der Waals surface area contributed by atoms with Crippen LogP contribution in [0.2, 0.25) is 0 Å². The molecule has 3 unspecified atom stereocenters. The van der Waals surface area contributed by atoms with Crippen LogP contribution in [0.3, 0.4) is 0 Å². The fourth-order valence-corrected chi connectivity index (χ4v) is 11.5. The van der Waals surface area contributed by atoms with Crippen molar-refractivity contribution in [2.45, 2.75) is 102 Å². The van der Waals surface area contributed by atoms with Crippen LogP contribution in [0.25, 0.3) is 10.2 Å². The summed E-state index contributed by atoms with van der Waals surface area (Å²) in [6, 6.07) is 6.57. The number of hydrogen-bond acceptors (Lipinski definition) is 10. The van der Waals surface area contributed by atoms with E-state index in [4.69, 9.17) is 23.9 Å². The molecule has 53 heavy (non-hydrogen) atoms. The molecule has 2 saturated heterocycles. The first kappa shape index (κ1) is 38.7. The van der Waals surface area contributed by atoms with Crippen molar-refractivity contribution in [3.63, 3.8) is 0 Å². The van der Waals surface area contributed by atoms with E-state index in [0.717, 1.165) is 59.8 Å². The highest BCUT2D eigenvalue weighted by atomic mass is 32.2. The lowest BCUT2D eigenvalue weighted by Crippen LogP contribution is -2.42. The number of benzene rings is 2. The highest BCUT2D eigenvalue weighted by molar-refractivity contribution is 7.89. The molecule has 4 heterocycles. The van der Waals surface area contributed by atoms with Crippen molar-refractivity contribution < 1.29 is 46.0 Å². The normalized spacial score (nSPS) is 27.5. The number of esters is 1. The van der Waals surface area contributed by atoms with Crippen molar-refractivity contribution in [1.29, 1.82) is 0 Å². The third-order valence-electron chi connectivity index (χ3n) is 11.1. The van der Waals surface area contributed by atoms with E-state index >= 15 is 0 Å². The first-order chi connectivity index (χ1) is 25.4. The van der Waals surface area contributed by atoms with Gasteiger partial charge in [0.15, 0.2) is 6.29 Å². The molecule has 0 radical (unpaired) electrons. The van der Waals surface area contributed by atoms with Crippen molar-refractivity contribution in [2.75, 3.05) is 32.9 Å². The van der Waals surface area contributed by atoms with Crippen LogP contribution in [0.15, 0.2) is 35.2 Å². The van der Waals surface area contributed by atoms with Gasteiger partial charge in [0.2, 0.25) is 10.0 Å². The van der Waals surface area contributed by atoms with Gasteiger partial charge < -0.3 is 24.1 Å². The minimum atomic E-state index is -4.20. The van der Waals surface area contributed by atoms with Crippen molar-refractivity contribution in [1.82, 2.24) is 9.29 Å². The Kier molecular flexibility index (Phi) is 12.1. The molecule has 2 aromatic carbocycles. The molecule has 0 spiro atoms. The minimum Gasteiger partial charge on any atom is -0.462 e. The van der Waals surface area contributed by atoms with Gasteiger partial charge in [-0.1, -0.05) is 33.1 Å². The monoisotopic (exact) mass is 776 g/mol. The van der Waals surface area contributed by atoms with Crippen LogP contribution in [0.1, 0.15) is 74.9 Å². The molecule has 14 heteroatoms. The molecule has 3 fully saturated rings. The number of carbonyl (C=O) groups is 1. The van der Waals surface area contributed by atoms with E-state index in [1.165, 1.54) is 27.8 Å². The molecule has 0 amide bonds. The number of nitrogens with zero attached hydrogens (tertiary/aromatic N) is 2. The number of hydrogen-bond donors (Lipinski definition) is 1. The van der Waals surface area contributed by atoms with E-state index < -0.39 is 45.8 Å². The Morgan fingerprint density at radius 1 is 1.02 bits per heavy atom. The summed E-state index contributed by atoms with van der Waals surface area (Å²) < 4.78 is 83.8. The van der Waals surface area contributed by atoms with Gasteiger partial charge in [0.1, 0.15) is 17.7 Å². The average Bonchev–Trinajstić information content (AvgIpc) is 3.76. The largest absolute Gasteiger partial charge is 0.462 e. The first-order valence-corrected chi connectivity index (χ1v) is 21.3. The minimum absolute atomic E-state index is 0.0179. The predicted octanol–water partition coefficient (Wildman–Crippen LogP) is 6.40. The van der Waals surface area contributed by atoms with Gasteiger partial charge in [-0.3, -0.25) is 4.79 Å². The van der Waals surface area contributed by atoms with Crippen LogP contribution in [-0.4, -0.2) is 80.2 Å². The molecule has 1 aromatic heterocycles. The van der Waals surface area contributed by atoms with Gasteiger partial charge >= 0.3 is 5.97 Å². The molecule has 7 atom stereocenters. The Morgan fingerprint density at radius 3 is 2.57 bits per heavy atom. The van der Waals surface area contributed by atoms with E-state index in [1.807, 2.05) is 0 Å². The van der Waals surface area contributed by atoms with Crippen molar-refractivity contribution >= 4 is 37.5 Å². The maximum absolute atomic E-state index is 14.7. The van der Waals surface area contributed by atoms with Crippen molar-refractivity contribution in [2.24, 2.45) is 29.6 Å². The Hall–Kier alpha value is -2.59. The zero-order chi connectivity index (χ0) is 37.3. The van der Waals surface area contributed by atoms with Crippen molar-refractivity contribution in [3.8, 4) is 0 Å². The van der Waals surface area contributed by atoms with Gasteiger partial charge in [-0.25, -0.2) is 22.2 Å². The molecule has 10 nitrogen and oxygen atoms in total. The Balaban J connectivity index is 1.17. The summed E-state index contributed by atoms with van der Waals surface area (Å²) in [5, 5.41) is 12.9. The van der Waals surface area contributed by atoms with E-state index in [0.29, 0.717) is 37.7 Å². The van der Waals surface area contributed by atoms with Crippen LogP contribution in [0.5, 0.6) is 0 Å². The van der Waals surface area contributed by atoms with E-state index in [-0.39, 0.29) is 67.0 Å². The van der Waals surface area contributed by atoms with Gasteiger partial charge in [0.25, 0.3) is 0 Å². The quantitative estimate of drug-likeness (QED) is 0.233. The van der Waals surface area contributed by atoms with Crippen LogP contribution in [-0.2, 0) is 53.2 Å². The number of fused-ring (bicyclic) bond motifs is 3. The third kappa shape index (κ3) is 8.95. The number of rotatable bonds is 10. The fraction of sp³-hybridized carbons (Fsp3) is 0.641. The SMILES string of the molecule is CC(C)Cc1nc2cc3c(cc2s1)S(=O)(=O)N(C[C@@H](O)[C@@H](CC(=O)O[C@H]1C2CO[C@H]4OCC1C4C2)Cc1cc(F)cc(F)c1)CCCCCCCOC3. The molecule has 3 aliphatic heterocycles. The molecule has 7 rings (SSSR count). The molecule has 1 aliphatic carbocycles. The molecular weight excluding hydrogens is 727 g/mol. The first-order valence-electron chi connectivity index (χ1n) is 19.0. The summed E-state index contributed by atoms with van der Waals surface area (Å²) in [5.74, 6) is -2.42. The van der Waals surface area contributed by atoms with Crippen LogP contribution < -0.4 is 0 Å². The van der Waals surface area contributed by atoms with Gasteiger partial charge in [0, 0.05) is 55.9 Å². The molecule has 2 bridgehead atoms. The van der Waals surface area contributed by atoms with Gasteiger partial charge in [-0.15, -0.1) is 11.3 Å². The lowest BCUT2D eigenvalue weighted by Gasteiger charge is -2.31. The van der Waals surface area contributed by atoms with E-state index in [1.54, 1.807) is 12.1 Å². The number of aliphatic hydroxyl groups is 1. The zero-order valence-electron chi connectivity index (χ0n) is 30.4. The van der Waals surface area contributed by atoms with E-state index in [2.05, 4.69) is 13.8 Å². The number of sulfonamides is 1. The number of β-amino-alcohol motifs (C(OH)–C–C–N with tert-alkyl or cyclic N) is 1. The molecule has 3 aromatic rings. The highest BCUT2D eigenvalue weighted by Gasteiger charge is 2.56. The number of aliphatic hydroxyl groups excluding tert-OH is 1. The predicted molar refractivity (Wildman–Crippen MR) is 194 cm³/mol. The maximum atomic E-state index is 14.7. The number of ether oxygens (including phenoxy) is 4. The highest BCUT2D eigenvalue weighted by Crippen LogP contribution is 2.49. The number of aromatic nitrogens is 1. The summed E-state index contributed by atoms with van der Waals surface area (Å²) >= 11 is 1.47. The summed E-state index contributed by atoms with van der Waals surface area (Å²) in [6.45, 7) is 5.52. The summed E-state index contributed by atoms with van der Waals surface area (Å²) in [7, 11) is -4.20. The number of carbonyl (C=O) groups excluding carboxylic acids is 1. The maximum Gasteiger partial charge on any atom is 0.306 e. The fourth-order valence-electron chi connectivity index (χ4n) is 8.49. The Labute approximate surface area is 314 Å². The topological polar surface area (TPSA) is 124 Å². The average molecular weight is 777 g/mol. The van der Waals surface area contributed by atoms with Gasteiger partial charge in [-0.2, -0.15) is 4.31 Å². The van der Waals surface area contributed by atoms with Crippen LogP contribution in [0.4, 0.5) is 8.78 Å². The lowest BCUT2D eigenvalue weighted by molar-refractivity contribution is -0.178. The molecule has 290 valence electrons. The summed E-state index contributed by atoms with van der Waals surface area (Å²) in [4.78, 5) is 18.5. The smallest absolute Gasteiger partial charge is 0.306 e. The second-order valence-corrected chi connectivity index (χ2v) is 18.7. The van der Waals surface area contributed by atoms with Crippen LogP contribution >= 0.6 is 11.3 Å². The standard InChI is InChI=1S/C39H50F2N2O8S2/c1-23(2)10-36-42-32-15-26-20-48-9-7-5-3-4-6-8-43(53(46,47)35(26)18-34(32)52-36)19-33(44)25(11-24-12-28(40)17-29(41)13-24)16-37(45)51-38-27-14-30-31(38)22-50-39(30)49-21-27/h12-13,15,17-18,23,25,27,30-31,33,38-39,44H,3-11,14,16,19-22H2,1-2H3/t25-,27?,30?,31?,33-,38+,39+/m1/s1. The van der Waals surface area contributed by atoms with Crippen LogP contribution in [0, 0.1) is 41.2 Å². The Bertz CT molecular complexity index is 1850. The van der Waals surface area contributed by atoms with Crippen molar-refractivity contribution in [3.05, 3.63) is 58.1 Å². The van der Waals surface area contributed by atoms with E-state index in [9.17, 15) is 27.1 Å². The lowest BCUT2D eigenvalue weighted by atomic mass is 9.90. The second-order valence-electron chi connectivity index (χ2n) is 15.6. The molecule has 1 N–H and O–H groups in total. The molecular formula is C39H50F2N2O8S2.